The molecule has 154 valence electrons. The van der Waals surface area contributed by atoms with Crippen LogP contribution in [-0.2, 0) is 6.42 Å². The van der Waals surface area contributed by atoms with E-state index in [2.05, 4.69) is 56.0 Å². The fraction of sp³-hybridized carbons (Fsp3) is 0.310. The monoisotopic (exact) mass is 398 g/mol. The predicted octanol–water partition coefficient (Wildman–Crippen LogP) is 8.60. The van der Waals surface area contributed by atoms with E-state index in [9.17, 15) is 4.39 Å². The van der Waals surface area contributed by atoms with Crippen molar-refractivity contribution in [3.05, 3.63) is 90.3 Å². The molecule has 0 heterocycles. The van der Waals surface area contributed by atoms with Gasteiger partial charge >= 0.3 is 0 Å². The zero-order valence-electron chi connectivity index (χ0n) is 17.9. The highest BCUT2D eigenvalue weighted by atomic mass is 19.1. The first-order valence-corrected chi connectivity index (χ1v) is 11.2. The fourth-order valence-corrected chi connectivity index (χ4v) is 4.82. The Morgan fingerprint density at radius 3 is 2.37 bits per heavy atom. The molecule has 0 saturated heterocycles. The van der Waals surface area contributed by atoms with E-state index in [1.807, 2.05) is 18.2 Å². The summed E-state index contributed by atoms with van der Waals surface area (Å²) >= 11 is 0. The number of allylic oxidation sites excluding steroid dienone is 2. The summed E-state index contributed by atoms with van der Waals surface area (Å²) in [5.74, 6) is 1.50. The number of hydrogen-bond acceptors (Lipinski definition) is 0. The Hall–Kier alpha value is -2.67. The van der Waals surface area contributed by atoms with E-state index < -0.39 is 0 Å². The van der Waals surface area contributed by atoms with Crippen molar-refractivity contribution in [3.8, 4) is 11.1 Å². The van der Waals surface area contributed by atoms with Gasteiger partial charge in [-0.2, -0.15) is 0 Å². The van der Waals surface area contributed by atoms with E-state index in [-0.39, 0.29) is 5.82 Å². The Bertz CT molecular complexity index is 1030. The van der Waals surface area contributed by atoms with Gasteiger partial charge in [0.1, 0.15) is 5.82 Å². The zero-order chi connectivity index (χ0) is 20.9. The van der Waals surface area contributed by atoms with Gasteiger partial charge < -0.3 is 0 Å². The van der Waals surface area contributed by atoms with E-state index in [1.54, 1.807) is 12.1 Å². The summed E-state index contributed by atoms with van der Waals surface area (Å²) < 4.78 is 14.5. The smallest absolute Gasteiger partial charge is 0.138 e. The second kappa shape index (κ2) is 9.43. The van der Waals surface area contributed by atoms with Crippen LogP contribution in [0.25, 0.3) is 28.0 Å². The zero-order valence-corrected chi connectivity index (χ0v) is 17.9. The van der Waals surface area contributed by atoms with Gasteiger partial charge in [-0.1, -0.05) is 73.3 Å². The second-order valence-electron chi connectivity index (χ2n) is 8.65. The highest BCUT2D eigenvalue weighted by Crippen LogP contribution is 2.33. The highest BCUT2D eigenvalue weighted by molar-refractivity contribution is 5.89. The minimum absolute atomic E-state index is 0.191. The molecule has 1 fully saturated rings. The minimum Gasteiger partial charge on any atom is -0.206 e. The number of halogens is 1. The van der Waals surface area contributed by atoms with Crippen molar-refractivity contribution in [2.45, 2.75) is 45.4 Å². The Kier molecular flexibility index (Phi) is 6.47. The number of fused-ring (bicyclic) bond motifs is 1. The number of rotatable bonds is 6. The molecular formula is C29H31F. The van der Waals surface area contributed by atoms with Crippen molar-refractivity contribution in [1.82, 2.24) is 0 Å². The number of benzene rings is 3. The van der Waals surface area contributed by atoms with E-state index in [4.69, 9.17) is 0 Å². The normalized spacial score (nSPS) is 19.4. The molecule has 0 atom stereocenters. The van der Waals surface area contributed by atoms with Crippen LogP contribution in [0.2, 0.25) is 0 Å². The maximum atomic E-state index is 14.5. The quantitative estimate of drug-likeness (QED) is 0.365. The van der Waals surface area contributed by atoms with Crippen LogP contribution in [0.4, 0.5) is 4.39 Å². The molecule has 3 aromatic rings. The summed E-state index contributed by atoms with van der Waals surface area (Å²) in [6.07, 6.45) is 14.0. The van der Waals surface area contributed by atoms with Crippen LogP contribution in [0.15, 0.2) is 73.3 Å². The van der Waals surface area contributed by atoms with Gasteiger partial charge in [-0.05, 0) is 85.4 Å². The fourth-order valence-electron chi connectivity index (χ4n) is 4.82. The van der Waals surface area contributed by atoms with Crippen LogP contribution >= 0.6 is 0 Å². The number of hydrogen-bond donors (Lipinski definition) is 0. The second-order valence-corrected chi connectivity index (χ2v) is 8.65. The van der Waals surface area contributed by atoms with Crippen LogP contribution in [0.3, 0.4) is 0 Å². The summed E-state index contributed by atoms with van der Waals surface area (Å²) in [6.45, 7) is 5.81. The molecule has 0 aromatic heterocycles. The number of aryl methyl sites for hydroxylation is 1. The third-order valence-electron chi connectivity index (χ3n) is 6.69. The minimum atomic E-state index is -0.191. The van der Waals surface area contributed by atoms with Crippen molar-refractivity contribution in [2.24, 2.45) is 11.8 Å². The molecular weight excluding hydrogens is 367 g/mol. The molecule has 0 spiro atoms. The first kappa shape index (κ1) is 20.6. The van der Waals surface area contributed by atoms with Crippen molar-refractivity contribution in [1.29, 1.82) is 0 Å². The molecule has 4 rings (SSSR count). The summed E-state index contributed by atoms with van der Waals surface area (Å²) in [5, 5.41) is 1.57. The van der Waals surface area contributed by atoms with Gasteiger partial charge in [0.15, 0.2) is 0 Å². The predicted molar refractivity (Wildman–Crippen MR) is 128 cm³/mol. The first-order valence-electron chi connectivity index (χ1n) is 11.2. The van der Waals surface area contributed by atoms with E-state index in [0.29, 0.717) is 10.9 Å². The first-order chi connectivity index (χ1) is 14.7. The van der Waals surface area contributed by atoms with Crippen LogP contribution in [0.1, 0.15) is 50.2 Å². The van der Waals surface area contributed by atoms with Gasteiger partial charge in [-0.25, -0.2) is 4.39 Å². The molecule has 0 N–H and O–H groups in total. The van der Waals surface area contributed by atoms with Gasteiger partial charge in [0.25, 0.3) is 0 Å². The Morgan fingerprint density at radius 2 is 1.67 bits per heavy atom. The van der Waals surface area contributed by atoms with Crippen LogP contribution < -0.4 is 0 Å². The van der Waals surface area contributed by atoms with Crippen LogP contribution in [0.5, 0.6) is 0 Å². The van der Waals surface area contributed by atoms with Gasteiger partial charge in [-0.15, -0.1) is 0 Å². The molecule has 30 heavy (non-hydrogen) atoms. The van der Waals surface area contributed by atoms with Crippen molar-refractivity contribution >= 4 is 16.8 Å². The Morgan fingerprint density at radius 1 is 0.933 bits per heavy atom. The van der Waals surface area contributed by atoms with Crippen molar-refractivity contribution < 1.29 is 4.39 Å². The third kappa shape index (κ3) is 4.56. The van der Waals surface area contributed by atoms with E-state index in [1.165, 1.54) is 43.2 Å². The van der Waals surface area contributed by atoms with Gasteiger partial charge in [-0.3, -0.25) is 0 Å². The summed E-state index contributed by atoms with van der Waals surface area (Å²) in [7, 11) is 0. The molecule has 1 heteroatoms. The molecule has 0 amide bonds. The topological polar surface area (TPSA) is 0 Å². The molecule has 0 nitrogen and oxygen atoms in total. The van der Waals surface area contributed by atoms with E-state index in [0.717, 1.165) is 29.2 Å². The summed E-state index contributed by atoms with van der Waals surface area (Å²) in [5.41, 5.74) is 4.27. The lowest BCUT2D eigenvalue weighted by Gasteiger charge is -2.26. The van der Waals surface area contributed by atoms with Gasteiger partial charge in [0.05, 0.1) is 0 Å². The lowest BCUT2D eigenvalue weighted by atomic mass is 9.79. The van der Waals surface area contributed by atoms with Crippen LogP contribution in [-0.4, -0.2) is 0 Å². The van der Waals surface area contributed by atoms with Crippen LogP contribution in [0, 0.1) is 17.7 Å². The molecule has 0 unspecified atom stereocenters. The molecule has 1 saturated carbocycles. The lowest BCUT2D eigenvalue weighted by molar-refractivity contribution is 0.296. The molecule has 1 aliphatic rings. The maximum absolute atomic E-state index is 14.5. The van der Waals surface area contributed by atoms with E-state index >= 15 is 0 Å². The van der Waals surface area contributed by atoms with Gasteiger partial charge in [0.2, 0.25) is 0 Å². The average Bonchev–Trinajstić information content (AvgIpc) is 2.79. The van der Waals surface area contributed by atoms with Crippen molar-refractivity contribution in [2.75, 3.05) is 0 Å². The SMILES string of the molecule is C=Cc1ccc2cc(-c3ccc(CCC4CCC(/C=C/C)CC4)cc3)ccc2c1F. The molecule has 3 aromatic carbocycles. The maximum Gasteiger partial charge on any atom is 0.138 e. The standard InChI is InChI=1S/C29H31F/c1-3-5-21-6-8-22(9-7-21)10-11-23-12-14-25(15-13-23)26-18-19-28-27(20-26)17-16-24(4-2)29(28)30/h3-5,12-22H,2,6-11H2,1H3/b5-3+. The van der Waals surface area contributed by atoms with Crippen molar-refractivity contribution in [3.63, 3.8) is 0 Å². The summed E-state index contributed by atoms with van der Waals surface area (Å²) in [4.78, 5) is 0. The third-order valence-corrected chi connectivity index (χ3v) is 6.69. The lowest BCUT2D eigenvalue weighted by Crippen LogP contribution is -2.13. The molecule has 0 bridgehead atoms. The molecule has 0 radical (unpaired) electrons. The molecule has 0 aliphatic heterocycles. The van der Waals surface area contributed by atoms with Gasteiger partial charge in [0, 0.05) is 10.9 Å². The Labute approximate surface area is 180 Å². The highest BCUT2D eigenvalue weighted by Gasteiger charge is 2.19. The largest absolute Gasteiger partial charge is 0.206 e. The summed E-state index contributed by atoms with van der Waals surface area (Å²) in [6, 6.07) is 18.6. The average molecular weight is 399 g/mol. The molecule has 1 aliphatic carbocycles. The Balaban J connectivity index is 1.40.